The molecule has 2 rings (SSSR count). The van der Waals surface area contributed by atoms with E-state index in [0.29, 0.717) is 10.6 Å². The quantitative estimate of drug-likeness (QED) is 0.868. The summed E-state index contributed by atoms with van der Waals surface area (Å²) in [5, 5.41) is 0. The van der Waals surface area contributed by atoms with Gasteiger partial charge in [0.2, 0.25) is 0 Å². The van der Waals surface area contributed by atoms with Crippen molar-refractivity contribution in [3.63, 3.8) is 0 Å². The monoisotopic (exact) mass is 296 g/mol. The van der Waals surface area contributed by atoms with Crippen LogP contribution >= 0.6 is 11.3 Å². The number of nitrogens with zero attached hydrogens (tertiary/aromatic N) is 1. The highest BCUT2D eigenvalue weighted by Gasteiger charge is 2.18. The molecule has 1 aromatic heterocycles. The van der Waals surface area contributed by atoms with Gasteiger partial charge in [0.25, 0.3) is 5.91 Å². The van der Waals surface area contributed by atoms with Crippen LogP contribution in [0.2, 0.25) is 0 Å². The number of carbonyl (C=O) groups excluding carboxylic acids is 2. The van der Waals surface area contributed by atoms with Gasteiger partial charge in [0, 0.05) is 23.7 Å². The summed E-state index contributed by atoms with van der Waals surface area (Å²) >= 11 is 1.29. The van der Waals surface area contributed by atoms with Gasteiger partial charge < -0.3 is 15.4 Å². The van der Waals surface area contributed by atoms with Crippen molar-refractivity contribution in [2.45, 2.75) is 32.6 Å². The molecule has 0 spiro atoms. The molecule has 0 aliphatic carbocycles. The average molecular weight is 296 g/mol. The lowest BCUT2D eigenvalue weighted by Gasteiger charge is -2.19. The molecule has 20 heavy (non-hydrogen) atoms. The molecule has 0 saturated carbocycles. The molecule has 5 nitrogen and oxygen atoms in total. The van der Waals surface area contributed by atoms with Crippen molar-refractivity contribution >= 4 is 28.9 Å². The van der Waals surface area contributed by atoms with E-state index in [1.165, 1.54) is 11.3 Å². The lowest BCUT2D eigenvalue weighted by molar-refractivity contribution is -0.134. The molecule has 6 heteroatoms. The molecule has 0 bridgehead atoms. The predicted octanol–water partition coefficient (Wildman–Crippen LogP) is 2.20. The fraction of sp³-hybridized carbons (Fsp3) is 0.571. The molecule has 1 aromatic rings. The maximum absolute atomic E-state index is 12.0. The van der Waals surface area contributed by atoms with Crippen LogP contribution in [-0.4, -0.2) is 36.5 Å². The van der Waals surface area contributed by atoms with Crippen molar-refractivity contribution < 1.29 is 14.3 Å². The molecule has 0 aromatic carbocycles. The molecule has 1 amide bonds. The van der Waals surface area contributed by atoms with Crippen LogP contribution in [0.15, 0.2) is 6.07 Å². The number of hydrogen-bond acceptors (Lipinski definition) is 5. The minimum absolute atomic E-state index is 0.110. The van der Waals surface area contributed by atoms with Gasteiger partial charge in [-0.3, -0.25) is 4.79 Å². The number of nitrogens with two attached hydrogens (primary N) is 1. The molecule has 1 aliphatic heterocycles. The second kappa shape index (κ2) is 6.74. The molecule has 110 valence electrons. The van der Waals surface area contributed by atoms with Crippen LogP contribution < -0.4 is 5.73 Å². The van der Waals surface area contributed by atoms with Crippen LogP contribution in [0.1, 0.15) is 40.2 Å². The number of thiophene rings is 1. The van der Waals surface area contributed by atoms with Crippen LogP contribution in [0.25, 0.3) is 0 Å². The van der Waals surface area contributed by atoms with Gasteiger partial charge in [0.1, 0.15) is 4.88 Å². The Morgan fingerprint density at radius 1 is 1.30 bits per heavy atom. The third-order valence-corrected chi connectivity index (χ3v) is 4.49. The third-order valence-electron chi connectivity index (χ3n) is 3.44. The minimum atomic E-state index is -0.474. The second-order valence-electron chi connectivity index (χ2n) is 4.99. The Hall–Kier alpha value is -1.56. The van der Waals surface area contributed by atoms with Crippen molar-refractivity contribution in [3.05, 3.63) is 15.8 Å². The standard InChI is InChI=1S/C14H20N2O3S/c1-10-11(15)8-12(20-10)14(18)19-9-13(17)16-6-4-2-3-5-7-16/h8H,2-7,9,15H2,1H3. The normalized spacial score (nSPS) is 15.8. The third kappa shape index (κ3) is 3.72. The van der Waals surface area contributed by atoms with Crippen molar-refractivity contribution in [2.24, 2.45) is 0 Å². The summed E-state index contributed by atoms with van der Waals surface area (Å²) in [5.74, 6) is -0.584. The van der Waals surface area contributed by atoms with Crippen LogP contribution in [0.3, 0.4) is 0 Å². The first-order valence-corrected chi connectivity index (χ1v) is 7.70. The average Bonchev–Trinajstić information content (AvgIpc) is 2.67. The van der Waals surface area contributed by atoms with Gasteiger partial charge in [-0.15, -0.1) is 11.3 Å². The summed E-state index contributed by atoms with van der Waals surface area (Å²) < 4.78 is 5.08. The van der Waals surface area contributed by atoms with E-state index in [-0.39, 0.29) is 12.5 Å². The van der Waals surface area contributed by atoms with Gasteiger partial charge >= 0.3 is 5.97 Å². The number of likely N-dealkylation sites (tertiary alicyclic amines) is 1. The first-order chi connectivity index (χ1) is 9.58. The molecular weight excluding hydrogens is 276 g/mol. The fourth-order valence-corrected chi connectivity index (χ4v) is 3.04. The van der Waals surface area contributed by atoms with Crippen LogP contribution in [0, 0.1) is 6.92 Å². The number of amides is 1. The predicted molar refractivity (Wildman–Crippen MR) is 78.8 cm³/mol. The van der Waals surface area contributed by atoms with Crippen molar-refractivity contribution in [1.82, 2.24) is 4.90 Å². The number of carbonyl (C=O) groups is 2. The molecule has 2 N–H and O–H groups in total. The first-order valence-electron chi connectivity index (χ1n) is 6.88. The van der Waals surface area contributed by atoms with Crippen LogP contribution in [0.4, 0.5) is 5.69 Å². The molecule has 0 atom stereocenters. The maximum atomic E-state index is 12.0. The molecule has 2 heterocycles. The van der Waals surface area contributed by atoms with Gasteiger partial charge in [-0.2, -0.15) is 0 Å². The number of aryl methyl sites for hydroxylation is 1. The van der Waals surface area contributed by atoms with E-state index in [1.807, 2.05) is 6.92 Å². The van der Waals surface area contributed by atoms with E-state index < -0.39 is 5.97 Å². The largest absolute Gasteiger partial charge is 0.451 e. The van der Waals surface area contributed by atoms with Gasteiger partial charge in [-0.25, -0.2) is 4.79 Å². The molecule has 1 fully saturated rings. The van der Waals surface area contributed by atoms with Gasteiger partial charge in [0.15, 0.2) is 6.61 Å². The second-order valence-corrected chi connectivity index (χ2v) is 6.25. The number of rotatable bonds is 3. The number of anilines is 1. The molecule has 0 radical (unpaired) electrons. The van der Waals surface area contributed by atoms with Crippen molar-refractivity contribution in [1.29, 1.82) is 0 Å². The highest BCUT2D eigenvalue weighted by atomic mass is 32.1. The summed E-state index contributed by atoms with van der Waals surface area (Å²) in [6.07, 6.45) is 4.38. The molecule has 1 aliphatic rings. The summed E-state index contributed by atoms with van der Waals surface area (Å²) in [5.41, 5.74) is 6.28. The van der Waals surface area contributed by atoms with Crippen molar-refractivity contribution in [2.75, 3.05) is 25.4 Å². The SMILES string of the molecule is Cc1sc(C(=O)OCC(=O)N2CCCCCC2)cc1N. The highest BCUT2D eigenvalue weighted by molar-refractivity contribution is 7.14. The van der Waals surface area contributed by atoms with E-state index in [0.717, 1.165) is 43.6 Å². The lowest BCUT2D eigenvalue weighted by atomic mass is 10.2. The molecular formula is C14H20N2O3S. The topological polar surface area (TPSA) is 72.6 Å². The Labute approximate surface area is 122 Å². The smallest absolute Gasteiger partial charge is 0.348 e. The maximum Gasteiger partial charge on any atom is 0.348 e. The van der Waals surface area contributed by atoms with Crippen molar-refractivity contribution in [3.8, 4) is 0 Å². The van der Waals surface area contributed by atoms with E-state index in [9.17, 15) is 9.59 Å². The van der Waals surface area contributed by atoms with E-state index in [4.69, 9.17) is 10.5 Å². The zero-order chi connectivity index (χ0) is 14.5. The molecule has 0 unspecified atom stereocenters. The Morgan fingerprint density at radius 2 is 1.95 bits per heavy atom. The summed E-state index contributed by atoms with van der Waals surface area (Å²) in [6.45, 7) is 3.19. The number of hydrogen-bond donors (Lipinski definition) is 1. The van der Waals surface area contributed by atoms with Gasteiger partial charge in [0.05, 0.1) is 0 Å². The zero-order valence-electron chi connectivity index (χ0n) is 11.7. The summed E-state index contributed by atoms with van der Waals surface area (Å²) in [4.78, 5) is 26.9. The number of esters is 1. The Morgan fingerprint density at radius 3 is 2.50 bits per heavy atom. The van der Waals surface area contributed by atoms with E-state index >= 15 is 0 Å². The Bertz CT molecular complexity index is 471. The van der Waals surface area contributed by atoms with Crippen LogP contribution in [-0.2, 0) is 9.53 Å². The van der Waals surface area contributed by atoms with E-state index in [1.54, 1.807) is 11.0 Å². The van der Waals surface area contributed by atoms with Gasteiger partial charge in [-0.1, -0.05) is 12.8 Å². The summed E-state index contributed by atoms with van der Waals surface area (Å²) in [6, 6.07) is 1.60. The Kier molecular flexibility index (Phi) is 5.00. The van der Waals surface area contributed by atoms with E-state index in [2.05, 4.69) is 0 Å². The zero-order valence-corrected chi connectivity index (χ0v) is 12.5. The lowest BCUT2D eigenvalue weighted by Crippen LogP contribution is -2.35. The number of ether oxygens (including phenoxy) is 1. The number of nitrogen functional groups attached to an aromatic ring is 1. The highest BCUT2D eigenvalue weighted by Crippen LogP contribution is 2.24. The summed E-state index contributed by atoms with van der Waals surface area (Å²) in [7, 11) is 0. The minimum Gasteiger partial charge on any atom is -0.451 e. The first kappa shape index (κ1) is 14.8. The fourth-order valence-electron chi connectivity index (χ4n) is 2.21. The van der Waals surface area contributed by atoms with Crippen LogP contribution in [0.5, 0.6) is 0 Å². The Balaban J connectivity index is 1.84. The molecule has 1 saturated heterocycles. The van der Waals surface area contributed by atoms with Gasteiger partial charge in [-0.05, 0) is 25.8 Å².